The zero-order valence-corrected chi connectivity index (χ0v) is 8.54. The molecule has 0 unspecified atom stereocenters. The Labute approximate surface area is 89.3 Å². The zero-order chi connectivity index (χ0) is 11.0. The molecular weight excluding hydrogens is 220 g/mol. The minimum absolute atomic E-state index is 0.189. The Hall–Kier alpha value is -1.69. The summed E-state index contributed by atoms with van der Waals surface area (Å²) in [6.45, 7) is 1.69. The van der Waals surface area contributed by atoms with Gasteiger partial charge in [0.05, 0.1) is 0 Å². The van der Waals surface area contributed by atoms with Crippen molar-refractivity contribution < 1.29 is 9.90 Å². The summed E-state index contributed by atoms with van der Waals surface area (Å²) in [4.78, 5) is 25.2. The van der Waals surface area contributed by atoms with Crippen LogP contribution in [0.5, 0.6) is 0 Å². The van der Waals surface area contributed by atoms with E-state index in [4.69, 9.17) is 16.7 Å². The van der Waals surface area contributed by atoms with Gasteiger partial charge < -0.3 is 10.1 Å². The predicted molar refractivity (Wildman–Crippen MR) is 52.8 cm³/mol. The fraction of sp³-hybridized carbons (Fsp3) is 0.250. The van der Waals surface area contributed by atoms with Crippen molar-refractivity contribution in [2.24, 2.45) is 0 Å². The van der Waals surface area contributed by atoms with Gasteiger partial charge in [-0.25, -0.2) is 15.0 Å². The standard InChI is InChI=1S/C8H7ClN4O2/c1-3-10-7(9)6-8(11-3)13-4(12-6)2-5(14)15/h2H2,1H3,(H,14,15)(H,10,11,12,13). The number of rotatable bonds is 2. The van der Waals surface area contributed by atoms with E-state index in [0.717, 1.165) is 0 Å². The molecule has 0 aliphatic heterocycles. The van der Waals surface area contributed by atoms with Gasteiger partial charge in [0.2, 0.25) is 0 Å². The number of carbonyl (C=O) groups is 1. The molecule has 6 nitrogen and oxygen atoms in total. The summed E-state index contributed by atoms with van der Waals surface area (Å²) < 4.78 is 0. The van der Waals surface area contributed by atoms with E-state index in [2.05, 4.69) is 19.9 Å². The molecule has 0 saturated carbocycles. The van der Waals surface area contributed by atoms with Crippen molar-refractivity contribution in [3.8, 4) is 0 Å². The first-order valence-corrected chi connectivity index (χ1v) is 4.54. The molecular formula is C8H7ClN4O2. The SMILES string of the molecule is Cc1nc(Cl)c2[nH]c(CC(=O)O)nc2n1. The number of hydrogen-bond donors (Lipinski definition) is 2. The van der Waals surface area contributed by atoms with Crippen LogP contribution in [0.3, 0.4) is 0 Å². The second kappa shape index (κ2) is 3.47. The molecule has 0 bridgehead atoms. The van der Waals surface area contributed by atoms with Crippen molar-refractivity contribution in [3.05, 3.63) is 16.8 Å². The van der Waals surface area contributed by atoms with Gasteiger partial charge in [0.1, 0.15) is 23.6 Å². The van der Waals surface area contributed by atoms with Gasteiger partial charge >= 0.3 is 5.97 Å². The second-order valence-electron chi connectivity index (χ2n) is 3.01. The maximum absolute atomic E-state index is 10.5. The van der Waals surface area contributed by atoms with Crippen LogP contribution in [-0.2, 0) is 11.2 Å². The monoisotopic (exact) mass is 226 g/mol. The van der Waals surface area contributed by atoms with E-state index in [9.17, 15) is 4.79 Å². The summed E-state index contributed by atoms with van der Waals surface area (Å²) in [5, 5.41) is 8.84. The summed E-state index contributed by atoms with van der Waals surface area (Å²) in [6.07, 6.45) is -0.189. The number of aromatic amines is 1. The largest absolute Gasteiger partial charge is 0.481 e. The first kappa shape index (κ1) is 9.85. The van der Waals surface area contributed by atoms with Crippen molar-refractivity contribution in [1.82, 2.24) is 19.9 Å². The molecule has 0 radical (unpaired) electrons. The van der Waals surface area contributed by atoms with Crippen molar-refractivity contribution in [2.45, 2.75) is 13.3 Å². The van der Waals surface area contributed by atoms with E-state index in [1.165, 1.54) is 0 Å². The Balaban J connectivity index is 2.55. The molecule has 2 rings (SSSR count). The first-order valence-electron chi connectivity index (χ1n) is 4.17. The van der Waals surface area contributed by atoms with E-state index in [-0.39, 0.29) is 11.6 Å². The van der Waals surface area contributed by atoms with Crippen molar-refractivity contribution in [1.29, 1.82) is 0 Å². The number of aliphatic carboxylic acids is 1. The molecule has 0 aliphatic rings. The number of aromatic nitrogens is 4. The van der Waals surface area contributed by atoms with Gasteiger partial charge in [-0.2, -0.15) is 0 Å². The quantitative estimate of drug-likeness (QED) is 0.744. The molecule has 78 valence electrons. The lowest BCUT2D eigenvalue weighted by Gasteiger charge is -1.92. The van der Waals surface area contributed by atoms with Crippen molar-refractivity contribution >= 4 is 28.7 Å². The summed E-state index contributed by atoms with van der Waals surface area (Å²) in [6, 6.07) is 0. The molecule has 0 atom stereocenters. The van der Waals surface area contributed by atoms with Gasteiger partial charge in [0.25, 0.3) is 0 Å². The van der Waals surface area contributed by atoms with E-state index in [1.807, 2.05) is 0 Å². The summed E-state index contributed by atoms with van der Waals surface area (Å²) in [5.74, 6) is -0.143. The van der Waals surface area contributed by atoms with Crippen LogP contribution in [0.15, 0.2) is 0 Å². The number of nitrogens with one attached hydrogen (secondary N) is 1. The van der Waals surface area contributed by atoms with Crippen LogP contribution in [0.4, 0.5) is 0 Å². The van der Waals surface area contributed by atoms with Gasteiger partial charge in [-0.15, -0.1) is 0 Å². The average Bonchev–Trinajstić information content (AvgIpc) is 2.45. The van der Waals surface area contributed by atoms with Crippen LogP contribution >= 0.6 is 11.6 Å². The lowest BCUT2D eigenvalue weighted by molar-refractivity contribution is -0.136. The fourth-order valence-corrected chi connectivity index (χ4v) is 1.49. The van der Waals surface area contributed by atoms with E-state index in [1.54, 1.807) is 6.92 Å². The van der Waals surface area contributed by atoms with Crippen LogP contribution in [0, 0.1) is 6.92 Å². The molecule has 0 aliphatic carbocycles. The number of imidazole rings is 1. The molecule has 0 fully saturated rings. The first-order chi connectivity index (χ1) is 7.06. The van der Waals surface area contributed by atoms with Gasteiger partial charge in [0, 0.05) is 0 Å². The summed E-state index contributed by atoms with van der Waals surface area (Å²) >= 11 is 5.84. The minimum atomic E-state index is -0.963. The number of carboxylic acid groups (broad SMARTS) is 1. The summed E-state index contributed by atoms with van der Waals surface area (Å²) in [7, 11) is 0. The molecule has 0 amide bonds. The minimum Gasteiger partial charge on any atom is -0.481 e. The average molecular weight is 227 g/mol. The van der Waals surface area contributed by atoms with Gasteiger partial charge in [-0.05, 0) is 6.92 Å². The highest BCUT2D eigenvalue weighted by Gasteiger charge is 2.11. The zero-order valence-electron chi connectivity index (χ0n) is 7.78. The Morgan fingerprint density at radius 3 is 2.87 bits per heavy atom. The Morgan fingerprint density at radius 2 is 2.20 bits per heavy atom. The molecule has 2 N–H and O–H groups in total. The molecule has 2 aromatic heterocycles. The van der Waals surface area contributed by atoms with Gasteiger partial charge in [0.15, 0.2) is 10.8 Å². The molecule has 2 aromatic rings. The van der Waals surface area contributed by atoms with E-state index in [0.29, 0.717) is 22.8 Å². The lowest BCUT2D eigenvalue weighted by Crippen LogP contribution is -2.01. The second-order valence-corrected chi connectivity index (χ2v) is 3.37. The molecule has 0 aromatic carbocycles. The topological polar surface area (TPSA) is 91.8 Å². The Kier molecular flexibility index (Phi) is 2.28. The highest BCUT2D eigenvalue weighted by Crippen LogP contribution is 2.17. The number of carboxylic acids is 1. The lowest BCUT2D eigenvalue weighted by atomic mass is 10.4. The predicted octanol–water partition coefficient (Wildman–Crippen LogP) is 0.942. The fourth-order valence-electron chi connectivity index (χ4n) is 1.24. The maximum atomic E-state index is 10.5. The van der Waals surface area contributed by atoms with Crippen LogP contribution in [-0.4, -0.2) is 31.0 Å². The van der Waals surface area contributed by atoms with Crippen LogP contribution < -0.4 is 0 Å². The third-order valence-electron chi connectivity index (χ3n) is 1.79. The maximum Gasteiger partial charge on any atom is 0.311 e. The Morgan fingerprint density at radius 1 is 1.47 bits per heavy atom. The smallest absolute Gasteiger partial charge is 0.311 e. The van der Waals surface area contributed by atoms with Crippen LogP contribution in [0.2, 0.25) is 5.15 Å². The third-order valence-corrected chi connectivity index (χ3v) is 2.06. The normalized spacial score (nSPS) is 10.8. The molecule has 0 saturated heterocycles. The number of H-pyrrole nitrogens is 1. The number of fused-ring (bicyclic) bond motifs is 1. The number of nitrogens with zero attached hydrogens (tertiary/aromatic N) is 3. The number of halogens is 1. The molecule has 0 spiro atoms. The highest BCUT2D eigenvalue weighted by atomic mass is 35.5. The van der Waals surface area contributed by atoms with E-state index < -0.39 is 5.97 Å². The third kappa shape index (κ3) is 1.89. The van der Waals surface area contributed by atoms with Crippen molar-refractivity contribution in [2.75, 3.05) is 0 Å². The van der Waals surface area contributed by atoms with E-state index >= 15 is 0 Å². The Bertz CT molecular complexity index is 537. The van der Waals surface area contributed by atoms with Crippen molar-refractivity contribution in [3.63, 3.8) is 0 Å². The molecule has 7 heteroatoms. The molecule has 2 heterocycles. The number of hydrogen-bond acceptors (Lipinski definition) is 4. The summed E-state index contributed by atoms with van der Waals surface area (Å²) in [5.41, 5.74) is 0.863. The van der Waals surface area contributed by atoms with Crippen LogP contribution in [0.25, 0.3) is 11.2 Å². The van der Waals surface area contributed by atoms with Gasteiger partial charge in [-0.1, -0.05) is 11.6 Å². The number of aryl methyl sites for hydroxylation is 1. The molecule has 15 heavy (non-hydrogen) atoms. The highest BCUT2D eigenvalue weighted by molar-refractivity contribution is 6.33. The van der Waals surface area contributed by atoms with Gasteiger partial charge in [-0.3, -0.25) is 4.79 Å². The van der Waals surface area contributed by atoms with Crippen LogP contribution in [0.1, 0.15) is 11.6 Å².